The van der Waals surface area contributed by atoms with E-state index >= 15 is 0 Å². The molecule has 0 fully saturated rings. The molecule has 0 aromatic rings. The SMILES string of the molecule is CCCCCCCC/C=C\CCCCCCCCOP([O-])[O-].[K+].[K+]. The van der Waals surface area contributed by atoms with Crippen LogP contribution in [0.1, 0.15) is 96.8 Å². The van der Waals surface area contributed by atoms with Crippen LogP contribution in [0.25, 0.3) is 0 Å². The Kier molecular flexibility index (Phi) is 38.0. The zero-order valence-electron chi connectivity index (χ0n) is 16.4. The van der Waals surface area contributed by atoms with Crippen LogP contribution in [0.3, 0.4) is 0 Å². The minimum absolute atomic E-state index is 0. The standard InChI is InChI=1S/C18H35O3P.2K/c1-2-3-4-5-6-7-8-9-10-11-12-13-14-15-16-17-18-21-22(19)20;;/h9-10H,2-8,11-18H2,1H3;;/q-2;2*+1/b10-9-;;. The molecule has 0 rings (SSSR count). The molecular formula is C18H35K2O3P. The van der Waals surface area contributed by atoms with E-state index in [9.17, 15) is 9.79 Å². The van der Waals surface area contributed by atoms with Gasteiger partial charge in [-0.3, -0.25) is 0 Å². The van der Waals surface area contributed by atoms with Crippen LogP contribution in [0.4, 0.5) is 0 Å². The van der Waals surface area contributed by atoms with Crippen molar-refractivity contribution >= 4 is 8.60 Å². The van der Waals surface area contributed by atoms with E-state index in [1.165, 1.54) is 77.0 Å². The van der Waals surface area contributed by atoms with Crippen LogP contribution in [-0.4, -0.2) is 6.61 Å². The third kappa shape index (κ3) is 30.1. The molecule has 0 aromatic heterocycles. The molecule has 0 aliphatic heterocycles. The molecule has 0 amide bonds. The predicted molar refractivity (Wildman–Crippen MR) is 92.3 cm³/mol. The van der Waals surface area contributed by atoms with Gasteiger partial charge in [-0.05, 0) is 32.1 Å². The summed E-state index contributed by atoms with van der Waals surface area (Å²) >= 11 is 0. The van der Waals surface area contributed by atoms with Gasteiger partial charge in [0.15, 0.2) is 0 Å². The van der Waals surface area contributed by atoms with E-state index in [1.54, 1.807) is 0 Å². The Morgan fingerprint density at radius 3 is 1.54 bits per heavy atom. The molecule has 0 bridgehead atoms. The Balaban J connectivity index is -0.00000220. The van der Waals surface area contributed by atoms with Gasteiger partial charge in [-0.15, -0.1) is 0 Å². The zero-order chi connectivity index (χ0) is 16.3. The maximum absolute atomic E-state index is 10.2. The molecular weight excluding hydrogens is 373 g/mol. The summed E-state index contributed by atoms with van der Waals surface area (Å²) in [6.45, 7) is 2.61. The second kappa shape index (κ2) is 28.5. The molecule has 132 valence electrons. The summed E-state index contributed by atoms with van der Waals surface area (Å²) in [6, 6.07) is 0. The molecule has 0 heterocycles. The summed E-state index contributed by atoms with van der Waals surface area (Å²) in [4.78, 5) is 20.3. The molecule has 0 aliphatic rings. The van der Waals surface area contributed by atoms with Crippen LogP contribution in [0.2, 0.25) is 0 Å². The Hall–Kier alpha value is 3.32. The first-order valence-corrected chi connectivity index (χ1v) is 10.3. The minimum atomic E-state index is -2.65. The van der Waals surface area contributed by atoms with Crippen molar-refractivity contribution in [2.75, 3.05) is 6.61 Å². The molecule has 0 aliphatic carbocycles. The third-order valence-electron chi connectivity index (χ3n) is 3.85. The molecule has 0 atom stereocenters. The first-order valence-electron chi connectivity index (χ1n) is 9.19. The van der Waals surface area contributed by atoms with Crippen molar-refractivity contribution < 1.29 is 117 Å². The first-order chi connectivity index (χ1) is 10.8. The van der Waals surface area contributed by atoms with E-state index in [-0.39, 0.29) is 103 Å². The number of allylic oxidation sites excluding steroid dienone is 2. The summed E-state index contributed by atoms with van der Waals surface area (Å²) in [5, 5.41) is 0. The van der Waals surface area contributed by atoms with Crippen molar-refractivity contribution in [2.45, 2.75) is 96.8 Å². The Bertz CT molecular complexity index is 242. The van der Waals surface area contributed by atoms with E-state index in [2.05, 4.69) is 23.6 Å². The normalized spacial score (nSPS) is 10.8. The fourth-order valence-corrected chi connectivity index (χ4v) is 2.77. The van der Waals surface area contributed by atoms with Crippen LogP contribution >= 0.6 is 8.60 Å². The van der Waals surface area contributed by atoms with Crippen LogP contribution in [-0.2, 0) is 4.52 Å². The zero-order valence-corrected chi connectivity index (χ0v) is 23.6. The molecule has 0 spiro atoms. The molecule has 0 saturated heterocycles. The molecule has 0 N–H and O–H groups in total. The van der Waals surface area contributed by atoms with Gasteiger partial charge in [0, 0.05) is 6.61 Å². The van der Waals surface area contributed by atoms with Crippen molar-refractivity contribution in [3.63, 3.8) is 0 Å². The fourth-order valence-electron chi connectivity index (χ4n) is 2.49. The number of unbranched alkanes of at least 4 members (excludes halogenated alkanes) is 12. The van der Waals surface area contributed by atoms with E-state index in [1.807, 2.05) is 0 Å². The van der Waals surface area contributed by atoms with Crippen molar-refractivity contribution in [3.8, 4) is 0 Å². The molecule has 24 heavy (non-hydrogen) atoms. The summed E-state index contributed by atoms with van der Waals surface area (Å²) in [7, 11) is -2.65. The Morgan fingerprint density at radius 2 is 1.08 bits per heavy atom. The number of hydrogen-bond donors (Lipinski definition) is 0. The maximum atomic E-state index is 10.2. The smallest absolute Gasteiger partial charge is 0.820 e. The molecule has 0 unspecified atom stereocenters. The van der Waals surface area contributed by atoms with E-state index < -0.39 is 8.60 Å². The Labute approximate surface area is 237 Å². The second-order valence-electron chi connectivity index (χ2n) is 5.99. The number of rotatable bonds is 17. The quantitative estimate of drug-likeness (QED) is 0.134. The third-order valence-corrected chi connectivity index (χ3v) is 4.25. The number of hydrogen-bond acceptors (Lipinski definition) is 3. The topological polar surface area (TPSA) is 55.3 Å². The first kappa shape index (κ1) is 32.0. The Morgan fingerprint density at radius 1 is 0.667 bits per heavy atom. The predicted octanol–water partition coefficient (Wildman–Crippen LogP) is -1.00. The summed E-state index contributed by atoms with van der Waals surface area (Å²) in [5.74, 6) is 0. The van der Waals surface area contributed by atoms with Crippen molar-refractivity contribution in [1.29, 1.82) is 0 Å². The van der Waals surface area contributed by atoms with Gasteiger partial charge >= 0.3 is 103 Å². The molecule has 0 aromatic carbocycles. The van der Waals surface area contributed by atoms with Crippen molar-refractivity contribution in [1.82, 2.24) is 0 Å². The summed E-state index contributed by atoms with van der Waals surface area (Å²) in [6.07, 6.45) is 22.3. The van der Waals surface area contributed by atoms with Gasteiger partial charge in [-0.2, -0.15) is 8.60 Å². The molecule has 0 saturated carbocycles. The monoisotopic (exact) mass is 408 g/mol. The maximum Gasteiger partial charge on any atom is 1.00 e. The fraction of sp³-hybridized carbons (Fsp3) is 0.889. The average Bonchev–Trinajstić information content (AvgIpc) is 2.50. The largest absolute Gasteiger partial charge is 1.00 e. The van der Waals surface area contributed by atoms with E-state index in [4.69, 9.17) is 0 Å². The van der Waals surface area contributed by atoms with Crippen LogP contribution < -0.4 is 113 Å². The summed E-state index contributed by atoms with van der Waals surface area (Å²) < 4.78 is 4.51. The van der Waals surface area contributed by atoms with Crippen LogP contribution in [0.5, 0.6) is 0 Å². The van der Waals surface area contributed by atoms with Gasteiger partial charge in [0.1, 0.15) is 0 Å². The van der Waals surface area contributed by atoms with E-state index in [0.717, 1.165) is 12.8 Å². The van der Waals surface area contributed by atoms with Gasteiger partial charge in [-0.25, -0.2) is 0 Å². The van der Waals surface area contributed by atoms with Gasteiger partial charge in [0.05, 0.1) is 0 Å². The summed E-state index contributed by atoms with van der Waals surface area (Å²) in [5.41, 5.74) is 0. The van der Waals surface area contributed by atoms with Gasteiger partial charge in [-0.1, -0.05) is 76.9 Å². The van der Waals surface area contributed by atoms with Gasteiger partial charge < -0.3 is 14.3 Å². The van der Waals surface area contributed by atoms with Crippen LogP contribution in [0, 0.1) is 0 Å². The molecule has 6 heteroatoms. The average molecular weight is 409 g/mol. The minimum Gasteiger partial charge on any atom is -0.820 e. The molecule has 0 radical (unpaired) electrons. The van der Waals surface area contributed by atoms with E-state index in [0.29, 0.717) is 6.61 Å². The van der Waals surface area contributed by atoms with Crippen LogP contribution in [0.15, 0.2) is 12.2 Å². The van der Waals surface area contributed by atoms with Gasteiger partial charge in [0.2, 0.25) is 0 Å². The molecule has 3 nitrogen and oxygen atoms in total. The van der Waals surface area contributed by atoms with Crippen molar-refractivity contribution in [2.24, 2.45) is 0 Å². The van der Waals surface area contributed by atoms with Crippen molar-refractivity contribution in [3.05, 3.63) is 12.2 Å². The van der Waals surface area contributed by atoms with Gasteiger partial charge in [0.25, 0.3) is 0 Å². The second-order valence-corrected chi connectivity index (χ2v) is 6.70.